The standard InChI is InChI=1S/C11H23NO4/c1-14-4-5-15-6-7-16-10(8-13)11(12)9-2-3-9/h9-11,13H,2-8,12H2,1H3. The Bertz CT molecular complexity index is 175. The van der Waals surface area contributed by atoms with Gasteiger partial charge in [-0.25, -0.2) is 0 Å². The lowest BCUT2D eigenvalue weighted by Crippen LogP contribution is -2.41. The van der Waals surface area contributed by atoms with E-state index >= 15 is 0 Å². The van der Waals surface area contributed by atoms with Crippen LogP contribution >= 0.6 is 0 Å². The third-order valence-electron chi connectivity index (χ3n) is 2.77. The van der Waals surface area contributed by atoms with Crippen LogP contribution in [0.25, 0.3) is 0 Å². The van der Waals surface area contributed by atoms with Gasteiger partial charge in [-0.3, -0.25) is 0 Å². The first kappa shape index (κ1) is 13.9. The lowest BCUT2D eigenvalue weighted by molar-refractivity contribution is -0.0380. The summed E-state index contributed by atoms with van der Waals surface area (Å²) < 4.78 is 15.6. The summed E-state index contributed by atoms with van der Waals surface area (Å²) in [5, 5.41) is 9.15. The molecule has 0 amide bonds. The predicted octanol–water partition coefficient (Wildman–Crippen LogP) is -0.236. The fourth-order valence-electron chi connectivity index (χ4n) is 1.57. The number of nitrogens with two attached hydrogens (primary N) is 1. The second kappa shape index (κ2) is 7.97. The first-order valence-corrected chi connectivity index (χ1v) is 5.84. The van der Waals surface area contributed by atoms with Gasteiger partial charge in [0.1, 0.15) is 0 Å². The van der Waals surface area contributed by atoms with E-state index in [-0.39, 0.29) is 18.8 Å². The van der Waals surface area contributed by atoms with Gasteiger partial charge < -0.3 is 25.1 Å². The van der Waals surface area contributed by atoms with Gasteiger partial charge in [-0.2, -0.15) is 0 Å². The Kier molecular flexibility index (Phi) is 6.91. The maximum Gasteiger partial charge on any atom is 0.0959 e. The van der Waals surface area contributed by atoms with E-state index < -0.39 is 0 Å². The molecule has 1 fully saturated rings. The number of methoxy groups -OCH3 is 1. The molecule has 0 aromatic heterocycles. The minimum atomic E-state index is -0.251. The molecule has 96 valence electrons. The zero-order valence-corrected chi connectivity index (χ0v) is 9.93. The Balaban J connectivity index is 2.00. The molecule has 0 aromatic carbocycles. The maximum atomic E-state index is 9.15. The van der Waals surface area contributed by atoms with Crippen molar-refractivity contribution in [2.45, 2.75) is 25.0 Å². The topological polar surface area (TPSA) is 73.9 Å². The van der Waals surface area contributed by atoms with Crippen LogP contribution in [-0.2, 0) is 14.2 Å². The molecule has 0 saturated heterocycles. The summed E-state index contributed by atoms with van der Waals surface area (Å²) in [5.74, 6) is 0.534. The van der Waals surface area contributed by atoms with Crippen LogP contribution in [-0.4, -0.2) is 57.4 Å². The zero-order valence-electron chi connectivity index (χ0n) is 9.93. The Morgan fingerprint density at radius 1 is 1.25 bits per heavy atom. The van der Waals surface area contributed by atoms with Gasteiger partial charge >= 0.3 is 0 Å². The van der Waals surface area contributed by atoms with E-state index in [1.165, 1.54) is 0 Å². The fraction of sp³-hybridized carbons (Fsp3) is 1.00. The van der Waals surface area contributed by atoms with Crippen molar-refractivity contribution in [2.75, 3.05) is 40.1 Å². The Hall–Kier alpha value is -0.200. The molecule has 16 heavy (non-hydrogen) atoms. The van der Waals surface area contributed by atoms with Crippen LogP contribution in [0.1, 0.15) is 12.8 Å². The molecule has 0 bridgehead atoms. The highest BCUT2D eigenvalue weighted by molar-refractivity contribution is 4.89. The smallest absolute Gasteiger partial charge is 0.0959 e. The molecular formula is C11H23NO4. The van der Waals surface area contributed by atoms with Gasteiger partial charge in [0.05, 0.1) is 39.1 Å². The second-order valence-electron chi connectivity index (χ2n) is 4.11. The molecule has 2 atom stereocenters. The van der Waals surface area contributed by atoms with Gasteiger partial charge in [0, 0.05) is 13.2 Å². The lowest BCUT2D eigenvalue weighted by atomic mass is 10.1. The quantitative estimate of drug-likeness (QED) is 0.510. The van der Waals surface area contributed by atoms with Gasteiger partial charge in [0.15, 0.2) is 0 Å². The third-order valence-corrected chi connectivity index (χ3v) is 2.77. The Morgan fingerprint density at radius 2 is 1.94 bits per heavy atom. The normalized spacial score (nSPS) is 19.7. The summed E-state index contributed by atoms with van der Waals surface area (Å²) in [5.41, 5.74) is 5.95. The maximum absolute atomic E-state index is 9.15. The van der Waals surface area contributed by atoms with Gasteiger partial charge in [-0.05, 0) is 18.8 Å². The van der Waals surface area contributed by atoms with Gasteiger partial charge in [-0.15, -0.1) is 0 Å². The summed E-state index contributed by atoms with van der Waals surface area (Å²) in [6, 6.07) is -0.0380. The molecule has 0 aromatic rings. The molecule has 0 aliphatic heterocycles. The molecule has 3 N–H and O–H groups in total. The molecular weight excluding hydrogens is 210 g/mol. The number of hydrogen-bond acceptors (Lipinski definition) is 5. The van der Waals surface area contributed by atoms with E-state index in [2.05, 4.69) is 0 Å². The number of aliphatic hydroxyl groups is 1. The van der Waals surface area contributed by atoms with Gasteiger partial charge in [0.2, 0.25) is 0 Å². The Labute approximate surface area is 96.9 Å². The molecule has 1 aliphatic carbocycles. The summed E-state index contributed by atoms with van der Waals surface area (Å²) in [7, 11) is 1.64. The predicted molar refractivity (Wildman–Crippen MR) is 60.2 cm³/mol. The molecule has 0 radical (unpaired) electrons. The lowest BCUT2D eigenvalue weighted by Gasteiger charge is -2.22. The van der Waals surface area contributed by atoms with Gasteiger partial charge in [-0.1, -0.05) is 0 Å². The van der Waals surface area contributed by atoms with Crippen LogP contribution < -0.4 is 5.73 Å². The molecule has 5 nitrogen and oxygen atoms in total. The van der Waals surface area contributed by atoms with Crippen LogP contribution in [0.5, 0.6) is 0 Å². The zero-order chi connectivity index (χ0) is 11.8. The van der Waals surface area contributed by atoms with E-state index in [1.54, 1.807) is 7.11 Å². The first-order valence-electron chi connectivity index (χ1n) is 5.84. The molecule has 1 rings (SSSR count). The van der Waals surface area contributed by atoms with Crippen LogP contribution in [0.2, 0.25) is 0 Å². The van der Waals surface area contributed by atoms with Crippen molar-refractivity contribution >= 4 is 0 Å². The highest BCUT2D eigenvalue weighted by Gasteiger charge is 2.34. The molecule has 0 heterocycles. The number of ether oxygens (including phenoxy) is 3. The van der Waals surface area contributed by atoms with Crippen molar-refractivity contribution in [1.29, 1.82) is 0 Å². The van der Waals surface area contributed by atoms with Crippen LogP contribution in [0.15, 0.2) is 0 Å². The SMILES string of the molecule is COCCOCCOC(CO)C(N)C1CC1. The molecule has 5 heteroatoms. The highest BCUT2D eigenvalue weighted by atomic mass is 16.5. The largest absolute Gasteiger partial charge is 0.394 e. The molecule has 2 unspecified atom stereocenters. The van der Waals surface area contributed by atoms with Crippen molar-refractivity contribution in [3.8, 4) is 0 Å². The summed E-state index contributed by atoms with van der Waals surface area (Å²) >= 11 is 0. The van der Waals surface area contributed by atoms with Crippen molar-refractivity contribution in [3.05, 3.63) is 0 Å². The first-order chi connectivity index (χ1) is 7.79. The summed E-state index contributed by atoms with van der Waals surface area (Å²) in [6.45, 7) is 2.12. The van der Waals surface area contributed by atoms with Crippen molar-refractivity contribution in [1.82, 2.24) is 0 Å². The van der Waals surface area contributed by atoms with E-state index in [0.29, 0.717) is 32.3 Å². The Morgan fingerprint density at radius 3 is 2.50 bits per heavy atom. The van der Waals surface area contributed by atoms with Crippen molar-refractivity contribution < 1.29 is 19.3 Å². The summed E-state index contributed by atoms with van der Waals surface area (Å²) in [4.78, 5) is 0. The minimum Gasteiger partial charge on any atom is -0.394 e. The number of rotatable bonds is 10. The molecule has 0 spiro atoms. The molecule has 1 saturated carbocycles. The van der Waals surface area contributed by atoms with E-state index in [4.69, 9.17) is 25.1 Å². The van der Waals surface area contributed by atoms with Crippen molar-refractivity contribution in [3.63, 3.8) is 0 Å². The third kappa shape index (κ3) is 5.23. The highest BCUT2D eigenvalue weighted by Crippen LogP contribution is 2.33. The minimum absolute atomic E-state index is 0.0181. The monoisotopic (exact) mass is 233 g/mol. The van der Waals surface area contributed by atoms with E-state index in [9.17, 15) is 0 Å². The van der Waals surface area contributed by atoms with Crippen LogP contribution in [0, 0.1) is 5.92 Å². The second-order valence-corrected chi connectivity index (χ2v) is 4.11. The van der Waals surface area contributed by atoms with E-state index in [0.717, 1.165) is 12.8 Å². The molecule has 1 aliphatic rings. The van der Waals surface area contributed by atoms with Crippen LogP contribution in [0.3, 0.4) is 0 Å². The summed E-state index contributed by atoms with van der Waals surface area (Å²) in [6.07, 6.45) is 2.06. The van der Waals surface area contributed by atoms with Crippen LogP contribution in [0.4, 0.5) is 0 Å². The van der Waals surface area contributed by atoms with Gasteiger partial charge in [0.25, 0.3) is 0 Å². The van der Waals surface area contributed by atoms with Crippen molar-refractivity contribution in [2.24, 2.45) is 11.7 Å². The average molecular weight is 233 g/mol. The number of aliphatic hydroxyl groups excluding tert-OH is 1. The fourth-order valence-corrected chi connectivity index (χ4v) is 1.57. The average Bonchev–Trinajstić information content (AvgIpc) is 3.11. The number of hydrogen-bond donors (Lipinski definition) is 2. The van der Waals surface area contributed by atoms with E-state index in [1.807, 2.05) is 0 Å².